The minimum Gasteiger partial charge on any atom is -0.238 e. The zero-order valence-electron chi connectivity index (χ0n) is 10.3. The van der Waals surface area contributed by atoms with Crippen molar-refractivity contribution in [3.05, 3.63) is 23.3 Å². The van der Waals surface area contributed by atoms with Crippen LogP contribution in [0.2, 0.25) is 0 Å². The van der Waals surface area contributed by atoms with Crippen molar-refractivity contribution in [1.82, 2.24) is 9.97 Å². The third kappa shape index (κ3) is 3.16. The van der Waals surface area contributed by atoms with Crippen molar-refractivity contribution in [1.29, 1.82) is 0 Å². The maximum Gasteiger partial charge on any atom is 0.134 e. The zero-order chi connectivity index (χ0) is 11.9. The fourth-order valence-electron chi connectivity index (χ4n) is 1.21. The molecule has 15 heavy (non-hydrogen) atoms. The monoisotopic (exact) mass is 226 g/mol. The SMILES string of the molecule is Cc1cc(C(C)(C)Cl)nc(C(C)(C)C)n1. The lowest BCUT2D eigenvalue weighted by Crippen LogP contribution is -2.21. The van der Waals surface area contributed by atoms with Crippen LogP contribution in [0.5, 0.6) is 0 Å². The Labute approximate surface area is 97.1 Å². The lowest BCUT2D eigenvalue weighted by Gasteiger charge is -2.21. The first-order valence-electron chi connectivity index (χ1n) is 5.16. The van der Waals surface area contributed by atoms with Gasteiger partial charge < -0.3 is 0 Å². The highest BCUT2D eigenvalue weighted by molar-refractivity contribution is 6.23. The molecule has 0 spiro atoms. The number of aromatic nitrogens is 2. The van der Waals surface area contributed by atoms with Crippen molar-refractivity contribution < 1.29 is 0 Å². The summed E-state index contributed by atoms with van der Waals surface area (Å²) >= 11 is 6.26. The molecular formula is C12H19ClN2. The van der Waals surface area contributed by atoms with Gasteiger partial charge in [0.2, 0.25) is 0 Å². The summed E-state index contributed by atoms with van der Waals surface area (Å²) in [6.45, 7) is 12.2. The van der Waals surface area contributed by atoms with Gasteiger partial charge in [-0.15, -0.1) is 11.6 Å². The molecule has 1 aromatic heterocycles. The highest BCUT2D eigenvalue weighted by atomic mass is 35.5. The topological polar surface area (TPSA) is 25.8 Å². The molecular weight excluding hydrogens is 208 g/mol. The smallest absolute Gasteiger partial charge is 0.134 e. The molecule has 1 rings (SSSR count). The Balaban J connectivity index is 3.30. The van der Waals surface area contributed by atoms with Crippen LogP contribution in [-0.2, 0) is 10.3 Å². The van der Waals surface area contributed by atoms with Crippen LogP contribution < -0.4 is 0 Å². The molecule has 2 nitrogen and oxygen atoms in total. The molecule has 0 N–H and O–H groups in total. The van der Waals surface area contributed by atoms with E-state index in [9.17, 15) is 0 Å². The normalized spacial score (nSPS) is 13.0. The summed E-state index contributed by atoms with van der Waals surface area (Å²) in [6.07, 6.45) is 0. The van der Waals surface area contributed by atoms with E-state index in [1.165, 1.54) is 0 Å². The number of rotatable bonds is 1. The number of alkyl halides is 1. The van der Waals surface area contributed by atoms with Gasteiger partial charge in [0.15, 0.2) is 0 Å². The summed E-state index contributed by atoms with van der Waals surface area (Å²) < 4.78 is 0. The Bertz CT molecular complexity index is 327. The molecule has 0 saturated heterocycles. The summed E-state index contributed by atoms with van der Waals surface area (Å²) in [5.41, 5.74) is 1.82. The van der Waals surface area contributed by atoms with Crippen molar-refractivity contribution >= 4 is 11.6 Å². The maximum atomic E-state index is 6.26. The Morgan fingerprint density at radius 1 is 1.07 bits per heavy atom. The van der Waals surface area contributed by atoms with Gasteiger partial charge in [-0.2, -0.15) is 0 Å². The molecule has 0 aliphatic heterocycles. The molecule has 1 aromatic rings. The van der Waals surface area contributed by atoms with Crippen LogP contribution in [0.1, 0.15) is 51.8 Å². The van der Waals surface area contributed by atoms with Crippen LogP contribution in [0.15, 0.2) is 6.07 Å². The fraction of sp³-hybridized carbons (Fsp3) is 0.667. The zero-order valence-corrected chi connectivity index (χ0v) is 11.1. The van der Waals surface area contributed by atoms with Gasteiger partial charge in [0.1, 0.15) is 5.82 Å². The van der Waals surface area contributed by atoms with E-state index in [-0.39, 0.29) is 5.41 Å². The first-order valence-corrected chi connectivity index (χ1v) is 5.54. The van der Waals surface area contributed by atoms with Gasteiger partial charge in [-0.1, -0.05) is 20.8 Å². The molecule has 0 atom stereocenters. The molecule has 0 aromatic carbocycles. The standard InChI is InChI=1S/C12H19ClN2/c1-8-7-9(12(5,6)13)15-10(14-8)11(2,3)4/h7H,1-6H3. The van der Waals surface area contributed by atoms with Crippen LogP contribution in [0.25, 0.3) is 0 Å². The Morgan fingerprint density at radius 3 is 2.00 bits per heavy atom. The van der Waals surface area contributed by atoms with Crippen LogP contribution in [-0.4, -0.2) is 9.97 Å². The van der Waals surface area contributed by atoms with E-state index in [2.05, 4.69) is 30.7 Å². The maximum absolute atomic E-state index is 6.26. The second kappa shape index (κ2) is 3.75. The summed E-state index contributed by atoms with van der Waals surface area (Å²) in [4.78, 5) is 8.55. The van der Waals surface area contributed by atoms with Crippen molar-refractivity contribution in [3.63, 3.8) is 0 Å². The van der Waals surface area contributed by atoms with Gasteiger partial charge in [-0.25, -0.2) is 9.97 Å². The number of hydrogen-bond acceptors (Lipinski definition) is 2. The quantitative estimate of drug-likeness (QED) is 0.685. The summed E-state index contributed by atoms with van der Waals surface area (Å²) in [6, 6.07) is 1.95. The molecule has 0 aliphatic rings. The first kappa shape index (κ1) is 12.4. The Hall–Kier alpha value is -0.630. The molecule has 84 valence electrons. The molecule has 0 fully saturated rings. The minimum atomic E-state index is -0.437. The third-order valence-electron chi connectivity index (χ3n) is 2.13. The van der Waals surface area contributed by atoms with E-state index >= 15 is 0 Å². The van der Waals surface area contributed by atoms with Gasteiger partial charge in [0.25, 0.3) is 0 Å². The van der Waals surface area contributed by atoms with E-state index in [0.717, 1.165) is 17.2 Å². The van der Waals surface area contributed by atoms with Gasteiger partial charge in [0.05, 0.1) is 10.6 Å². The third-order valence-corrected chi connectivity index (χ3v) is 2.33. The van der Waals surface area contributed by atoms with Crippen LogP contribution in [0.4, 0.5) is 0 Å². The number of nitrogens with zero attached hydrogens (tertiary/aromatic N) is 2. The predicted octanol–water partition coefficient (Wildman–Crippen LogP) is 3.56. The Kier molecular flexibility index (Phi) is 3.11. The Morgan fingerprint density at radius 2 is 1.60 bits per heavy atom. The van der Waals surface area contributed by atoms with Crippen LogP contribution in [0.3, 0.4) is 0 Å². The van der Waals surface area contributed by atoms with Gasteiger partial charge in [0, 0.05) is 11.1 Å². The molecule has 0 amide bonds. The molecule has 0 radical (unpaired) electrons. The first-order chi connectivity index (χ1) is 6.60. The van der Waals surface area contributed by atoms with Crippen molar-refractivity contribution in [3.8, 4) is 0 Å². The predicted molar refractivity (Wildman–Crippen MR) is 64.3 cm³/mol. The van der Waals surface area contributed by atoms with E-state index in [1.807, 2.05) is 26.8 Å². The van der Waals surface area contributed by atoms with Gasteiger partial charge in [-0.05, 0) is 26.8 Å². The lowest BCUT2D eigenvalue weighted by molar-refractivity contribution is 0.533. The van der Waals surface area contributed by atoms with Crippen molar-refractivity contribution in [2.75, 3.05) is 0 Å². The van der Waals surface area contributed by atoms with E-state index < -0.39 is 4.87 Å². The molecule has 0 unspecified atom stereocenters. The molecule has 0 aliphatic carbocycles. The van der Waals surface area contributed by atoms with E-state index in [4.69, 9.17) is 11.6 Å². The van der Waals surface area contributed by atoms with E-state index in [0.29, 0.717) is 0 Å². The number of hydrogen-bond donors (Lipinski definition) is 0. The molecule has 3 heteroatoms. The highest BCUT2D eigenvalue weighted by Gasteiger charge is 2.24. The highest BCUT2D eigenvalue weighted by Crippen LogP contribution is 2.28. The minimum absolute atomic E-state index is 0.0388. The molecule has 0 bridgehead atoms. The largest absolute Gasteiger partial charge is 0.238 e. The second-order valence-corrected chi connectivity index (χ2v) is 6.39. The average molecular weight is 227 g/mol. The van der Waals surface area contributed by atoms with Crippen molar-refractivity contribution in [2.45, 2.75) is 51.8 Å². The fourth-order valence-corrected chi connectivity index (χ4v) is 1.31. The van der Waals surface area contributed by atoms with E-state index in [1.54, 1.807) is 0 Å². The number of aryl methyl sites for hydroxylation is 1. The lowest BCUT2D eigenvalue weighted by atomic mass is 9.95. The summed E-state index contributed by atoms with van der Waals surface area (Å²) in [5.74, 6) is 0.853. The molecule has 0 saturated carbocycles. The van der Waals surface area contributed by atoms with Gasteiger partial charge >= 0.3 is 0 Å². The van der Waals surface area contributed by atoms with Crippen LogP contribution in [0, 0.1) is 6.92 Å². The average Bonchev–Trinajstić information content (AvgIpc) is 1.99. The molecule has 1 heterocycles. The number of halogens is 1. The second-order valence-electron chi connectivity index (χ2n) is 5.44. The summed E-state index contributed by atoms with van der Waals surface area (Å²) in [7, 11) is 0. The van der Waals surface area contributed by atoms with Crippen LogP contribution >= 0.6 is 11.6 Å². The summed E-state index contributed by atoms with van der Waals surface area (Å²) in [5, 5.41) is 0. The van der Waals surface area contributed by atoms with Gasteiger partial charge in [-0.3, -0.25) is 0 Å². The van der Waals surface area contributed by atoms with Crippen molar-refractivity contribution in [2.24, 2.45) is 0 Å².